The van der Waals surface area contributed by atoms with E-state index in [4.69, 9.17) is 5.73 Å². The first kappa shape index (κ1) is 10.3. The fourth-order valence-electron chi connectivity index (χ4n) is 1.55. The van der Waals surface area contributed by atoms with Gasteiger partial charge in [0.15, 0.2) is 0 Å². The van der Waals surface area contributed by atoms with E-state index in [2.05, 4.69) is 38.1 Å². The van der Waals surface area contributed by atoms with E-state index in [9.17, 15) is 0 Å². The topological polar surface area (TPSA) is 26.0 Å². The van der Waals surface area contributed by atoms with Crippen molar-refractivity contribution in [1.82, 2.24) is 0 Å². The van der Waals surface area contributed by atoms with E-state index < -0.39 is 0 Å². The van der Waals surface area contributed by atoms with Gasteiger partial charge in [0.1, 0.15) is 0 Å². The molecule has 0 fully saturated rings. The van der Waals surface area contributed by atoms with Crippen LogP contribution >= 0.6 is 0 Å². The zero-order valence-corrected chi connectivity index (χ0v) is 8.59. The van der Waals surface area contributed by atoms with Crippen molar-refractivity contribution >= 4 is 0 Å². The molecule has 0 aromatic heterocycles. The molecule has 0 saturated carbocycles. The van der Waals surface area contributed by atoms with E-state index in [0.717, 1.165) is 18.9 Å². The molecule has 2 N–H and O–H groups in total. The lowest BCUT2D eigenvalue weighted by Gasteiger charge is -2.06. The molecule has 0 unspecified atom stereocenters. The highest BCUT2D eigenvalue weighted by molar-refractivity contribution is 5.24. The highest BCUT2D eigenvalue weighted by Gasteiger charge is 1.98. The van der Waals surface area contributed by atoms with Crippen LogP contribution in [0, 0.1) is 5.92 Å². The Morgan fingerprint density at radius 2 is 1.92 bits per heavy atom. The van der Waals surface area contributed by atoms with E-state index in [1.165, 1.54) is 17.5 Å². The van der Waals surface area contributed by atoms with Crippen LogP contribution in [0.5, 0.6) is 0 Å². The normalized spacial score (nSPS) is 10.8. The lowest BCUT2D eigenvalue weighted by molar-refractivity contribution is 0.646. The van der Waals surface area contributed by atoms with Crippen LogP contribution in [0.1, 0.15) is 25.0 Å². The molecule has 0 aliphatic rings. The molecule has 0 radical (unpaired) electrons. The van der Waals surface area contributed by atoms with Gasteiger partial charge >= 0.3 is 0 Å². The van der Waals surface area contributed by atoms with Gasteiger partial charge in [-0.05, 0) is 36.4 Å². The van der Waals surface area contributed by atoms with Crippen molar-refractivity contribution in [3.05, 3.63) is 35.4 Å². The highest BCUT2D eigenvalue weighted by Crippen LogP contribution is 2.10. The Balaban J connectivity index is 2.67. The summed E-state index contributed by atoms with van der Waals surface area (Å²) in [5, 5.41) is 0. The van der Waals surface area contributed by atoms with Gasteiger partial charge in [0.05, 0.1) is 0 Å². The van der Waals surface area contributed by atoms with E-state index in [0.29, 0.717) is 0 Å². The molecule has 1 aromatic carbocycles. The fourth-order valence-corrected chi connectivity index (χ4v) is 1.55. The Bertz CT molecular complexity index is 253. The van der Waals surface area contributed by atoms with Crippen LogP contribution in [-0.4, -0.2) is 6.54 Å². The third kappa shape index (κ3) is 3.60. The molecule has 0 aliphatic carbocycles. The van der Waals surface area contributed by atoms with Gasteiger partial charge in [0, 0.05) is 0 Å². The number of hydrogen-bond donors (Lipinski definition) is 1. The summed E-state index contributed by atoms with van der Waals surface area (Å²) in [4.78, 5) is 0. The Hall–Kier alpha value is -0.820. The molecule has 1 rings (SSSR count). The summed E-state index contributed by atoms with van der Waals surface area (Å²) in [6, 6.07) is 8.74. The molecule has 1 heteroatoms. The molecular weight excluding hydrogens is 158 g/mol. The number of rotatable bonds is 4. The molecule has 0 heterocycles. The van der Waals surface area contributed by atoms with Gasteiger partial charge in [-0.15, -0.1) is 0 Å². The van der Waals surface area contributed by atoms with Gasteiger partial charge in [0.25, 0.3) is 0 Å². The molecule has 0 atom stereocenters. The summed E-state index contributed by atoms with van der Waals surface area (Å²) in [5.41, 5.74) is 8.31. The molecule has 0 aliphatic heterocycles. The molecular formula is C12H19N. The maximum Gasteiger partial charge on any atom is -0.00367 e. The lowest BCUT2D eigenvalue weighted by atomic mass is 10.0. The summed E-state index contributed by atoms with van der Waals surface area (Å²) >= 11 is 0. The third-order valence-electron chi connectivity index (χ3n) is 2.07. The van der Waals surface area contributed by atoms with Crippen molar-refractivity contribution in [2.75, 3.05) is 6.54 Å². The maximum absolute atomic E-state index is 5.51. The summed E-state index contributed by atoms with van der Waals surface area (Å²) in [6.45, 7) is 5.23. The van der Waals surface area contributed by atoms with Crippen LogP contribution in [0.3, 0.4) is 0 Å². The minimum Gasteiger partial charge on any atom is -0.330 e. The predicted octanol–water partition coefficient (Wildman–Crippen LogP) is 2.39. The van der Waals surface area contributed by atoms with E-state index in [1.807, 2.05) is 0 Å². The first-order valence-corrected chi connectivity index (χ1v) is 5.00. The van der Waals surface area contributed by atoms with Crippen molar-refractivity contribution in [3.63, 3.8) is 0 Å². The molecule has 0 saturated heterocycles. The Morgan fingerprint density at radius 3 is 2.54 bits per heavy atom. The van der Waals surface area contributed by atoms with Gasteiger partial charge < -0.3 is 5.73 Å². The fraction of sp³-hybridized carbons (Fsp3) is 0.500. The standard InChI is InChI=1S/C12H19N/c1-10(2)8-12-5-3-4-11(9-12)6-7-13/h3-5,9-10H,6-8,13H2,1-2H3. The second-order valence-corrected chi connectivity index (χ2v) is 3.96. The summed E-state index contributed by atoms with van der Waals surface area (Å²) < 4.78 is 0. The van der Waals surface area contributed by atoms with Gasteiger partial charge in [-0.3, -0.25) is 0 Å². The third-order valence-corrected chi connectivity index (χ3v) is 2.07. The van der Waals surface area contributed by atoms with Crippen LogP contribution in [0.4, 0.5) is 0 Å². The smallest absolute Gasteiger partial charge is 0.00367 e. The maximum atomic E-state index is 5.51. The number of hydrogen-bond acceptors (Lipinski definition) is 1. The minimum atomic E-state index is 0.730. The predicted molar refractivity (Wildman–Crippen MR) is 57.7 cm³/mol. The molecule has 1 nitrogen and oxygen atoms in total. The van der Waals surface area contributed by atoms with Crippen LogP contribution < -0.4 is 5.73 Å². The van der Waals surface area contributed by atoms with Crippen molar-refractivity contribution in [3.8, 4) is 0 Å². The monoisotopic (exact) mass is 177 g/mol. The van der Waals surface area contributed by atoms with Crippen LogP contribution in [0.25, 0.3) is 0 Å². The zero-order valence-electron chi connectivity index (χ0n) is 8.59. The largest absolute Gasteiger partial charge is 0.330 e. The van der Waals surface area contributed by atoms with E-state index in [1.54, 1.807) is 0 Å². The van der Waals surface area contributed by atoms with Gasteiger partial charge in [0.2, 0.25) is 0 Å². The molecule has 13 heavy (non-hydrogen) atoms. The van der Waals surface area contributed by atoms with Crippen molar-refractivity contribution in [1.29, 1.82) is 0 Å². The van der Waals surface area contributed by atoms with Crippen LogP contribution in [0.15, 0.2) is 24.3 Å². The average Bonchev–Trinajstić information content (AvgIpc) is 2.04. The van der Waals surface area contributed by atoms with Crippen molar-refractivity contribution in [2.45, 2.75) is 26.7 Å². The second kappa shape index (κ2) is 5.03. The molecule has 0 bridgehead atoms. The van der Waals surface area contributed by atoms with E-state index in [-0.39, 0.29) is 0 Å². The van der Waals surface area contributed by atoms with Gasteiger partial charge in [-0.1, -0.05) is 38.1 Å². The first-order chi connectivity index (χ1) is 6.22. The Kier molecular flexibility index (Phi) is 3.97. The van der Waals surface area contributed by atoms with Crippen molar-refractivity contribution in [2.24, 2.45) is 11.7 Å². The number of benzene rings is 1. The zero-order chi connectivity index (χ0) is 9.68. The molecule has 0 spiro atoms. The SMILES string of the molecule is CC(C)Cc1cccc(CCN)c1. The second-order valence-electron chi connectivity index (χ2n) is 3.96. The highest BCUT2D eigenvalue weighted by atomic mass is 14.5. The minimum absolute atomic E-state index is 0.730. The summed E-state index contributed by atoms with van der Waals surface area (Å²) in [6.07, 6.45) is 2.16. The van der Waals surface area contributed by atoms with E-state index >= 15 is 0 Å². The molecule has 72 valence electrons. The average molecular weight is 177 g/mol. The van der Waals surface area contributed by atoms with Crippen molar-refractivity contribution < 1.29 is 0 Å². The van der Waals surface area contributed by atoms with Crippen LogP contribution in [-0.2, 0) is 12.8 Å². The molecule has 1 aromatic rings. The van der Waals surface area contributed by atoms with Gasteiger partial charge in [-0.2, -0.15) is 0 Å². The summed E-state index contributed by atoms with van der Waals surface area (Å²) in [5.74, 6) is 0.730. The van der Waals surface area contributed by atoms with Gasteiger partial charge in [-0.25, -0.2) is 0 Å². The quantitative estimate of drug-likeness (QED) is 0.751. The van der Waals surface area contributed by atoms with Crippen LogP contribution in [0.2, 0.25) is 0 Å². The number of nitrogens with two attached hydrogens (primary N) is 1. The first-order valence-electron chi connectivity index (χ1n) is 5.00. The summed E-state index contributed by atoms with van der Waals surface area (Å²) in [7, 11) is 0. The Morgan fingerprint density at radius 1 is 1.23 bits per heavy atom. The lowest BCUT2D eigenvalue weighted by Crippen LogP contribution is -2.03. The Labute approximate surface area is 81.0 Å². The molecule has 0 amide bonds.